The number of allylic oxidation sites excluding steroid dienone is 2. The Balaban J connectivity index is 4.66. The molecule has 0 aliphatic carbocycles. The first-order valence-corrected chi connectivity index (χ1v) is 5.18. The number of rotatable bonds is 6. The summed E-state index contributed by atoms with van der Waals surface area (Å²) in [5.74, 6) is -1.01. The van der Waals surface area contributed by atoms with Crippen molar-refractivity contribution in [1.29, 1.82) is 0 Å². The van der Waals surface area contributed by atoms with Crippen LogP contribution in [0.5, 0.6) is 0 Å². The molecular weight excluding hydrogens is 192 g/mol. The SMILES string of the molecule is [2H]C([2H])(C(=O)OCC)C(C)(O)CCC=C(C)C. The van der Waals surface area contributed by atoms with E-state index < -0.39 is 17.9 Å². The van der Waals surface area contributed by atoms with E-state index in [-0.39, 0.29) is 13.0 Å². The minimum atomic E-state index is -2.39. The molecule has 0 aliphatic rings. The molecular formula is C12H22O3. The fourth-order valence-corrected chi connectivity index (χ4v) is 1.09. The third kappa shape index (κ3) is 8.18. The molecule has 1 atom stereocenters. The van der Waals surface area contributed by atoms with Gasteiger partial charge in [0, 0.05) is 2.74 Å². The molecule has 0 bridgehead atoms. The van der Waals surface area contributed by atoms with Gasteiger partial charge in [0.25, 0.3) is 0 Å². The Kier molecular flexibility index (Phi) is 4.71. The molecule has 0 aromatic rings. The number of hydrogen-bond donors (Lipinski definition) is 1. The number of esters is 1. The Morgan fingerprint density at radius 2 is 2.20 bits per heavy atom. The average Bonchev–Trinajstić information content (AvgIpc) is 2.16. The van der Waals surface area contributed by atoms with Crippen LogP contribution < -0.4 is 0 Å². The van der Waals surface area contributed by atoms with E-state index >= 15 is 0 Å². The maximum Gasteiger partial charge on any atom is 0.308 e. The first-order valence-electron chi connectivity index (χ1n) is 6.18. The molecule has 0 spiro atoms. The molecule has 0 saturated carbocycles. The first kappa shape index (κ1) is 10.7. The molecule has 1 unspecified atom stereocenters. The van der Waals surface area contributed by atoms with E-state index in [1.165, 1.54) is 6.92 Å². The van der Waals surface area contributed by atoms with Crippen molar-refractivity contribution in [3.63, 3.8) is 0 Å². The second-order valence-electron chi connectivity index (χ2n) is 3.94. The van der Waals surface area contributed by atoms with Gasteiger partial charge in [0.2, 0.25) is 0 Å². The zero-order valence-electron chi connectivity index (χ0n) is 12.0. The monoisotopic (exact) mass is 216 g/mol. The highest BCUT2D eigenvalue weighted by molar-refractivity contribution is 5.70. The highest BCUT2D eigenvalue weighted by Crippen LogP contribution is 2.18. The summed E-state index contributed by atoms with van der Waals surface area (Å²) in [6, 6.07) is 0. The molecule has 1 N–H and O–H groups in total. The molecule has 0 aliphatic heterocycles. The zero-order valence-corrected chi connectivity index (χ0v) is 9.96. The Morgan fingerprint density at radius 1 is 1.60 bits per heavy atom. The summed E-state index contributed by atoms with van der Waals surface area (Å²) < 4.78 is 19.9. The summed E-state index contributed by atoms with van der Waals surface area (Å²) in [6.07, 6.45) is 0.201. The number of carbonyl (C=O) groups excluding carboxylic acids is 1. The Hall–Kier alpha value is -0.830. The standard InChI is InChI=1S/C12H22O3/c1-5-15-11(13)9-12(4,14)8-6-7-10(2)3/h7,14H,5-6,8-9H2,1-4H3/i9D2. The van der Waals surface area contributed by atoms with Gasteiger partial charge < -0.3 is 9.84 Å². The molecule has 0 aromatic carbocycles. The van der Waals surface area contributed by atoms with Gasteiger partial charge in [-0.1, -0.05) is 11.6 Å². The fourth-order valence-electron chi connectivity index (χ4n) is 1.09. The van der Waals surface area contributed by atoms with Crippen molar-refractivity contribution >= 4 is 5.97 Å². The van der Waals surface area contributed by atoms with Gasteiger partial charge >= 0.3 is 5.97 Å². The molecule has 0 fully saturated rings. The number of carbonyl (C=O) groups is 1. The van der Waals surface area contributed by atoms with E-state index in [0.29, 0.717) is 6.42 Å². The van der Waals surface area contributed by atoms with Gasteiger partial charge in [-0.2, -0.15) is 0 Å². The maximum absolute atomic E-state index is 11.4. The zero-order chi connectivity index (χ0) is 13.7. The second-order valence-corrected chi connectivity index (χ2v) is 3.94. The van der Waals surface area contributed by atoms with Crippen LogP contribution in [0.25, 0.3) is 0 Å². The third-order valence-electron chi connectivity index (χ3n) is 1.83. The molecule has 0 heterocycles. The summed E-state index contributed by atoms with van der Waals surface area (Å²) in [5.41, 5.74) is -0.636. The van der Waals surface area contributed by atoms with E-state index in [9.17, 15) is 9.90 Å². The predicted octanol–water partition coefficient (Wildman–Crippen LogP) is 2.44. The van der Waals surface area contributed by atoms with Gasteiger partial charge in [-0.05, 0) is 40.5 Å². The van der Waals surface area contributed by atoms with Crippen LogP contribution in [0.15, 0.2) is 11.6 Å². The molecule has 88 valence electrons. The van der Waals surface area contributed by atoms with E-state index in [0.717, 1.165) is 5.57 Å². The molecule has 0 saturated heterocycles. The van der Waals surface area contributed by atoms with Crippen LogP contribution in [-0.2, 0) is 9.53 Å². The molecule has 15 heavy (non-hydrogen) atoms. The molecule has 0 radical (unpaired) electrons. The van der Waals surface area contributed by atoms with E-state index in [1.54, 1.807) is 6.92 Å². The normalized spacial score (nSPS) is 17.1. The summed E-state index contributed by atoms with van der Waals surface area (Å²) >= 11 is 0. The summed E-state index contributed by atoms with van der Waals surface area (Å²) in [7, 11) is 0. The summed E-state index contributed by atoms with van der Waals surface area (Å²) in [5, 5.41) is 10.0. The quantitative estimate of drug-likeness (QED) is 0.548. The van der Waals surface area contributed by atoms with Crippen LogP contribution in [0.2, 0.25) is 0 Å². The average molecular weight is 216 g/mol. The van der Waals surface area contributed by atoms with Gasteiger partial charge in [0.1, 0.15) is 0 Å². The molecule has 0 aromatic heterocycles. The minimum absolute atomic E-state index is 0.0996. The van der Waals surface area contributed by atoms with Crippen molar-refractivity contribution in [2.24, 2.45) is 0 Å². The summed E-state index contributed by atoms with van der Waals surface area (Å²) in [4.78, 5) is 11.4. The van der Waals surface area contributed by atoms with Crippen LogP contribution in [0, 0.1) is 0 Å². The lowest BCUT2D eigenvalue weighted by Crippen LogP contribution is -2.28. The molecule has 0 amide bonds. The number of ether oxygens (including phenoxy) is 1. The van der Waals surface area contributed by atoms with E-state index in [4.69, 9.17) is 2.74 Å². The lowest BCUT2D eigenvalue weighted by Gasteiger charge is -2.21. The Morgan fingerprint density at radius 3 is 2.67 bits per heavy atom. The van der Waals surface area contributed by atoms with Crippen LogP contribution in [0.1, 0.15) is 49.7 Å². The largest absolute Gasteiger partial charge is 0.466 e. The lowest BCUT2D eigenvalue weighted by atomic mass is 9.96. The van der Waals surface area contributed by atoms with Crippen LogP contribution >= 0.6 is 0 Å². The molecule has 3 nitrogen and oxygen atoms in total. The predicted molar refractivity (Wildman–Crippen MR) is 60.5 cm³/mol. The second kappa shape index (κ2) is 6.62. The van der Waals surface area contributed by atoms with Gasteiger partial charge in [0.05, 0.1) is 18.6 Å². The van der Waals surface area contributed by atoms with Crippen molar-refractivity contribution in [3.8, 4) is 0 Å². The van der Waals surface area contributed by atoms with Crippen LogP contribution in [0.3, 0.4) is 0 Å². The lowest BCUT2D eigenvalue weighted by molar-refractivity contribution is -0.148. The highest BCUT2D eigenvalue weighted by Gasteiger charge is 2.24. The smallest absolute Gasteiger partial charge is 0.308 e. The van der Waals surface area contributed by atoms with Crippen molar-refractivity contribution in [3.05, 3.63) is 11.6 Å². The van der Waals surface area contributed by atoms with Gasteiger partial charge in [0.15, 0.2) is 0 Å². The fraction of sp³-hybridized carbons (Fsp3) is 0.750. The highest BCUT2D eigenvalue weighted by atomic mass is 16.5. The topological polar surface area (TPSA) is 46.5 Å². The minimum Gasteiger partial charge on any atom is -0.466 e. The van der Waals surface area contributed by atoms with Crippen molar-refractivity contribution in [1.82, 2.24) is 0 Å². The van der Waals surface area contributed by atoms with E-state index in [1.807, 2.05) is 19.9 Å². The molecule has 0 rings (SSSR count). The van der Waals surface area contributed by atoms with Crippen LogP contribution in [-0.4, -0.2) is 23.3 Å². The third-order valence-corrected chi connectivity index (χ3v) is 1.83. The number of hydrogen-bond acceptors (Lipinski definition) is 3. The van der Waals surface area contributed by atoms with Crippen LogP contribution in [0.4, 0.5) is 0 Å². The van der Waals surface area contributed by atoms with E-state index in [2.05, 4.69) is 4.74 Å². The van der Waals surface area contributed by atoms with Gasteiger partial charge in [-0.15, -0.1) is 0 Å². The maximum atomic E-state index is 11.4. The van der Waals surface area contributed by atoms with Gasteiger partial charge in [-0.3, -0.25) is 4.79 Å². The van der Waals surface area contributed by atoms with Crippen molar-refractivity contribution < 1.29 is 17.4 Å². The summed E-state index contributed by atoms with van der Waals surface area (Å²) in [6.45, 7) is 6.88. The molecule has 3 heteroatoms. The Labute approximate surface area is 94.9 Å². The van der Waals surface area contributed by atoms with Crippen molar-refractivity contribution in [2.75, 3.05) is 6.61 Å². The Bertz CT molecular complexity index is 292. The number of aliphatic hydroxyl groups is 1. The first-order chi connectivity index (χ1) is 7.65. The van der Waals surface area contributed by atoms with Gasteiger partial charge in [-0.25, -0.2) is 0 Å². The van der Waals surface area contributed by atoms with Crippen molar-refractivity contribution in [2.45, 2.75) is 52.5 Å².